The average Bonchev–Trinajstić information content (AvgIpc) is 2.97. The van der Waals surface area contributed by atoms with Crippen molar-refractivity contribution in [1.82, 2.24) is 14.6 Å². The van der Waals surface area contributed by atoms with Gasteiger partial charge in [-0.3, -0.25) is 0 Å². The Balaban J connectivity index is 1.80. The van der Waals surface area contributed by atoms with Crippen molar-refractivity contribution in [3.63, 3.8) is 0 Å². The van der Waals surface area contributed by atoms with E-state index in [4.69, 9.17) is 4.74 Å². The molecule has 1 fully saturated rings. The summed E-state index contributed by atoms with van der Waals surface area (Å²) in [6.07, 6.45) is 3.03. The van der Waals surface area contributed by atoms with E-state index in [-0.39, 0.29) is 0 Å². The highest BCUT2D eigenvalue weighted by molar-refractivity contribution is 5.49. The van der Waals surface area contributed by atoms with Crippen LogP contribution in [0.25, 0.3) is 5.65 Å². The smallest absolute Gasteiger partial charge is 0.243 e. The molecule has 2 aromatic rings. The lowest BCUT2D eigenvalue weighted by atomic mass is 10.0. The Morgan fingerprint density at radius 3 is 3.17 bits per heavy atom. The van der Waals surface area contributed by atoms with Gasteiger partial charge in [0.2, 0.25) is 5.95 Å². The molecule has 0 aromatic carbocycles. The Bertz CT molecular complexity index is 545. The van der Waals surface area contributed by atoms with Crippen molar-refractivity contribution >= 4 is 11.6 Å². The molecule has 3 rings (SSSR count). The first-order chi connectivity index (χ1) is 8.74. The number of aryl methyl sites for hydroxylation is 1. The van der Waals surface area contributed by atoms with Crippen molar-refractivity contribution in [1.29, 1.82) is 0 Å². The lowest BCUT2D eigenvalue weighted by Crippen LogP contribution is -2.26. The van der Waals surface area contributed by atoms with Crippen LogP contribution in [0.15, 0.2) is 18.3 Å². The molecule has 0 amide bonds. The summed E-state index contributed by atoms with van der Waals surface area (Å²) in [7, 11) is 0. The summed E-state index contributed by atoms with van der Waals surface area (Å²) >= 11 is 0. The summed E-state index contributed by atoms with van der Waals surface area (Å²) in [6.45, 7) is 5.91. The maximum absolute atomic E-state index is 5.41. The molecule has 18 heavy (non-hydrogen) atoms. The topological polar surface area (TPSA) is 51.5 Å². The van der Waals surface area contributed by atoms with Crippen LogP contribution in [0.1, 0.15) is 18.9 Å². The molecule has 0 spiro atoms. The highest BCUT2D eigenvalue weighted by Gasteiger charge is 2.23. The van der Waals surface area contributed by atoms with E-state index < -0.39 is 0 Å². The van der Waals surface area contributed by atoms with E-state index in [0.29, 0.717) is 17.9 Å². The molecule has 5 nitrogen and oxygen atoms in total. The molecule has 0 saturated carbocycles. The molecule has 3 heterocycles. The van der Waals surface area contributed by atoms with Gasteiger partial charge in [0.1, 0.15) is 0 Å². The third-order valence-electron chi connectivity index (χ3n) is 3.59. The zero-order chi connectivity index (χ0) is 12.5. The maximum Gasteiger partial charge on any atom is 0.243 e. The van der Waals surface area contributed by atoms with Crippen LogP contribution < -0.4 is 5.32 Å². The third-order valence-corrected chi connectivity index (χ3v) is 3.59. The van der Waals surface area contributed by atoms with Crippen LogP contribution in [0.5, 0.6) is 0 Å². The predicted molar refractivity (Wildman–Crippen MR) is 69.7 cm³/mol. The molecule has 5 heteroatoms. The average molecular weight is 246 g/mol. The molecule has 1 aliphatic rings. The number of ether oxygens (including phenoxy) is 1. The summed E-state index contributed by atoms with van der Waals surface area (Å²) in [5, 5.41) is 7.82. The standard InChI is InChI=1S/C13H18N4O/c1-9-4-3-6-17-12(9)15-13(16-17)14-10(2)11-5-7-18-8-11/h3-4,6,10-11H,5,7-8H2,1-2H3,(H,14,16). The van der Waals surface area contributed by atoms with Crippen molar-refractivity contribution in [3.8, 4) is 0 Å². The van der Waals surface area contributed by atoms with Gasteiger partial charge < -0.3 is 10.1 Å². The molecule has 0 radical (unpaired) electrons. The number of nitrogens with zero attached hydrogens (tertiary/aromatic N) is 3. The van der Waals surface area contributed by atoms with Gasteiger partial charge in [0.25, 0.3) is 0 Å². The normalized spacial score (nSPS) is 21.3. The van der Waals surface area contributed by atoms with Crippen molar-refractivity contribution in [2.45, 2.75) is 26.3 Å². The molecule has 0 bridgehead atoms. The predicted octanol–water partition coefficient (Wildman–Crippen LogP) is 1.87. The van der Waals surface area contributed by atoms with Gasteiger partial charge in [0.05, 0.1) is 6.61 Å². The minimum absolute atomic E-state index is 0.338. The summed E-state index contributed by atoms with van der Waals surface area (Å²) in [4.78, 5) is 4.52. The molecule has 2 atom stereocenters. The molecule has 2 aromatic heterocycles. The number of rotatable bonds is 3. The SMILES string of the molecule is Cc1cccn2nc(NC(C)C3CCOC3)nc12. The van der Waals surface area contributed by atoms with Gasteiger partial charge in [-0.1, -0.05) is 6.07 Å². The summed E-state index contributed by atoms with van der Waals surface area (Å²) < 4.78 is 7.22. The van der Waals surface area contributed by atoms with Gasteiger partial charge in [-0.2, -0.15) is 4.98 Å². The quantitative estimate of drug-likeness (QED) is 0.898. The van der Waals surface area contributed by atoms with Gasteiger partial charge in [0, 0.05) is 24.8 Å². The summed E-state index contributed by atoms with van der Waals surface area (Å²) in [5.41, 5.74) is 2.05. The van der Waals surface area contributed by atoms with Gasteiger partial charge in [0.15, 0.2) is 5.65 Å². The van der Waals surface area contributed by atoms with Crippen LogP contribution in [0.4, 0.5) is 5.95 Å². The molecule has 1 aliphatic heterocycles. The fourth-order valence-electron chi connectivity index (χ4n) is 2.37. The largest absolute Gasteiger partial charge is 0.381 e. The Morgan fingerprint density at radius 1 is 1.56 bits per heavy atom. The number of anilines is 1. The summed E-state index contributed by atoms with van der Waals surface area (Å²) in [5.74, 6) is 1.25. The highest BCUT2D eigenvalue weighted by atomic mass is 16.5. The van der Waals surface area contributed by atoms with Crippen LogP contribution in [0.3, 0.4) is 0 Å². The number of hydrogen-bond acceptors (Lipinski definition) is 4. The maximum atomic E-state index is 5.41. The van der Waals surface area contributed by atoms with E-state index in [1.165, 1.54) is 0 Å². The van der Waals surface area contributed by atoms with Crippen LogP contribution in [0.2, 0.25) is 0 Å². The molecular weight excluding hydrogens is 228 g/mol. The zero-order valence-electron chi connectivity index (χ0n) is 10.8. The second-order valence-corrected chi connectivity index (χ2v) is 4.95. The minimum Gasteiger partial charge on any atom is -0.381 e. The lowest BCUT2D eigenvalue weighted by Gasteiger charge is -2.17. The highest BCUT2D eigenvalue weighted by Crippen LogP contribution is 2.19. The van der Waals surface area contributed by atoms with Crippen molar-refractivity contribution < 1.29 is 4.74 Å². The van der Waals surface area contributed by atoms with Crippen molar-refractivity contribution in [2.24, 2.45) is 5.92 Å². The molecule has 1 saturated heterocycles. The minimum atomic E-state index is 0.338. The van der Waals surface area contributed by atoms with Crippen LogP contribution >= 0.6 is 0 Å². The molecule has 0 aliphatic carbocycles. The Hall–Kier alpha value is -1.62. The lowest BCUT2D eigenvalue weighted by molar-refractivity contribution is 0.183. The van der Waals surface area contributed by atoms with E-state index in [2.05, 4.69) is 22.3 Å². The summed E-state index contributed by atoms with van der Waals surface area (Å²) in [6, 6.07) is 4.36. The van der Waals surface area contributed by atoms with Gasteiger partial charge in [-0.25, -0.2) is 4.52 Å². The number of fused-ring (bicyclic) bond motifs is 1. The van der Waals surface area contributed by atoms with E-state index in [9.17, 15) is 0 Å². The van der Waals surface area contributed by atoms with Crippen molar-refractivity contribution in [3.05, 3.63) is 23.9 Å². The Morgan fingerprint density at radius 2 is 2.44 bits per heavy atom. The van der Waals surface area contributed by atoms with Crippen molar-refractivity contribution in [2.75, 3.05) is 18.5 Å². The van der Waals surface area contributed by atoms with Gasteiger partial charge in [-0.05, 0) is 31.9 Å². The van der Waals surface area contributed by atoms with E-state index in [0.717, 1.165) is 30.8 Å². The number of aromatic nitrogens is 3. The second-order valence-electron chi connectivity index (χ2n) is 4.95. The fourth-order valence-corrected chi connectivity index (χ4v) is 2.37. The number of nitrogens with one attached hydrogen (secondary N) is 1. The monoisotopic (exact) mass is 246 g/mol. The van der Waals surface area contributed by atoms with Gasteiger partial charge in [-0.15, -0.1) is 5.10 Å². The van der Waals surface area contributed by atoms with E-state index in [1.54, 1.807) is 0 Å². The van der Waals surface area contributed by atoms with E-state index >= 15 is 0 Å². The first-order valence-corrected chi connectivity index (χ1v) is 6.40. The molecule has 2 unspecified atom stereocenters. The first kappa shape index (κ1) is 11.5. The molecule has 96 valence electrons. The fraction of sp³-hybridized carbons (Fsp3) is 0.538. The van der Waals surface area contributed by atoms with Crippen LogP contribution in [0, 0.1) is 12.8 Å². The first-order valence-electron chi connectivity index (χ1n) is 6.40. The second kappa shape index (κ2) is 4.57. The van der Waals surface area contributed by atoms with E-state index in [1.807, 2.05) is 29.8 Å². The molecular formula is C13H18N4O. The Labute approximate surface area is 106 Å². The third kappa shape index (κ3) is 2.06. The number of hydrogen-bond donors (Lipinski definition) is 1. The number of pyridine rings is 1. The Kier molecular flexibility index (Phi) is 2.91. The molecule has 1 N–H and O–H groups in total. The van der Waals surface area contributed by atoms with Crippen LogP contribution in [-0.4, -0.2) is 33.9 Å². The van der Waals surface area contributed by atoms with Gasteiger partial charge >= 0.3 is 0 Å². The van der Waals surface area contributed by atoms with Crippen LogP contribution in [-0.2, 0) is 4.74 Å². The zero-order valence-corrected chi connectivity index (χ0v) is 10.8.